The van der Waals surface area contributed by atoms with Gasteiger partial charge >= 0.3 is 0 Å². The highest BCUT2D eigenvalue weighted by molar-refractivity contribution is 5.61. The van der Waals surface area contributed by atoms with Crippen LogP contribution in [0.2, 0.25) is 0 Å². The highest BCUT2D eigenvalue weighted by atomic mass is 19.1. The van der Waals surface area contributed by atoms with Crippen molar-refractivity contribution in [3.05, 3.63) is 53.5 Å². The Hall–Kier alpha value is -1.87. The number of hydrogen-bond donors (Lipinski definition) is 1. The van der Waals surface area contributed by atoms with Crippen molar-refractivity contribution in [2.75, 3.05) is 6.54 Å². The zero-order chi connectivity index (χ0) is 15.2. The molecule has 0 spiro atoms. The molecule has 0 amide bonds. The summed E-state index contributed by atoms with van der Waals surface area (Å²) in [6.07, 6.45) is 3.10. The van der Waals surface area contributed by atoms with Gasteiger partial charge in [-0.3, -0.25) is 0 Å². The maximum atomic E-state index is 13.7. The van der Waals surface area contributed by atoms with Gasteiger partial charge in [-0.2, -0.15) is 0 Å². The third-order valence-electron chi connectivity index (χ3n) is 3.52. The van der Waals surface area contributed by atoms with Crippen molar-refractivity contribution in [2.24, 2.45) is 0 Å². The van der Waals surface area contributed by atoms with E-state index in [9.17, 15) is 4.39 Å². The van der Waals surface area contributed by atoms with Gasteiger partial charge in [0, 0.05) is 6.04 Å². The molecule has 21 heavy (non-hydrogen) atoms. The summed E-state index contributed by atoms with van der Waals surface area (Å²) in [5, 5.41) is 3.43. The first-order chi connectivity index (χ1) is 10.1. The second-order valence-corrected chi connectivity index (χ2v) is 5.25. The highest BCUT2D eigenvalue weighted by Gasteiger charge is 2.09. The van der Waals surface area contributed by atoms with Crippen LogP contribution in [-0.4, -0.2) is 12.6 Å². The second-order valence-electron chi connectivity index (χ2n) is 5.25. The average Bonchev–Trinajstić information content (AvgIpc) is 2.93. The second kappa shape index (κ2) is 7.23. The quantitative estimate of drug-likeness (QED) is 0.819. The fourth-order valence-electron chi connectivity index (χ4n) is 2.11. The van der Waals surface area contributed by atoms with Crippen LogP contribution in [0, 0.1) is 5.82 Å². The lowest BCUT2D eigenvalue weighted by Gasteiger charge is -2.13. The van der Waals surface area contributed by atoms with Crippen molar-refractivity contribution in [1.29, 1.82) is 0 Å². The summed E-state index contributed by atoms with van der Waals surface area (Å²) in [6, 6.07) is 10.6. The van der Waals surface area contributed by atoms with Crippen molar-refractivity contribution >= 4 is 6.08 Å². The van der Waals surface area contributed by atoms with E-state index >= 15 is 0 Å². The van der Waals surface area contributed by atoms with E-state index in [-0.39, 0.29) is 5.82 Å². The summed E-state index contributed by atoms with van der Waals surface area (Å²) in [4.78, 5) is 0. The normalized spacial score (nSPS) is 13.4. The molecule has 0 fully saturated rings. The smallest absolute Gasteiger partial charge is 0.137 e. The van der Waals surface area contributed by atoms with E-state index in [4.69, 9.17) is 4.42 Å². The van der Waals surface area contributed by atoms with E-state index in [1.807, 2.05) is 18.2 Å². The molecule has 1 aromatic carbocycles. The molecule has 1 unspecified atom stereocenters. The van der Waals surface area contributed by atoms with Gasteiger partial charge in [0.05, 0.1) is 5.56 Å². The molecule has 0 radical (unpaired) electrons. The highest BCUT2D eigenvalue weighted by Crippen LogP contribution is 2.25. The van der Waals surface area contributed by atoms with Gasteiger partial charge in [0.25, 0.3) is 0 Å². The van der Waals surface area contributed by atoms with Gasteiger partial charge < -0.3 is 9.73 Å². The molecule has 0 bridgehead atoms. The fourth-order valence-corrected chi connectivity index (χ4v) is 2.11. The maximum absolute atomic E-state index is 13.7. The molecule has 1 N–H and O–H groups in total. The van der Waals surface area contributed by atoms with Crippen LogP contribution in [0.3, 0.4) is 0 Å². The lowest BCUT2D eigenvalue weighted by atomic mass is 10.1. The molecule has 1 atom stereocenters. The lowest BCUT2D eigenvalue weighted by molar-refractivity contribution is 0.558. The number of furan rings is 1. The van der Waals surface area contributed by atoms with E-state index in [2.05, 4.69) is 26.1 Å². The molecule has 1 heterocycles. The molecular weight excluding hydrogens is 265 g/mol. The van der Waals surface area contributed by atoms with Gasteiger partial charge in [0.2, 0.25) is 0 Å². The van der Waals surface area contributed by atoms with Crippen molar-refractivity contribution in [2.45, 2.75) is 33.2 Å². The van der Waals surface area contributed by atoms with E-state index in [1.165, 1.54) is 11.6 Å². The Kier molecular flexibility index (Phi) is 5.34. The minimum absolute atomic E-state index is 0.267. The van der Waals surface area contributed by atoms with E-state index in [0.717, 1.165) is 18.7 Å². The van der Waals surface area contributed by atoms with E-state index < -0.39 is 0 Å². The Bertz CT molecular complexity index is 615. The molecule has 0 aliphatic carbocycles. The van der Waals surface area contributed by atoms with Crippen molar-refractivity contribution in [3.8, 4) is 11.3 Å². The number of rotatable bonds is 6. The van der Waals surface area contributed by atoms with Crippen LogP contribution in [0.15, 0.2) is 46.4 Å². The number of halogens is 1. The Balaban J connectivity index is 2.15. The zero-order valence-corrected chi connectivity index (χ0v) is 12.8. The van der Waals surface area contributed by atoms with Gasteiger partial charge in [-0.05, 0) is 57.2 Å². The minimum Gasteiger partial charge on any atom is -0.457 e. The first kappa shape index (κ1) is 15.5. The Morgan fingerprint density at radius 2 is 2.05 bits per heavy atom. The summed E-state index contributed by atoms with van der Waals surface area (Å²) in [5.74, 6) is 1.04. The number of benzene rings is 1. The van der Waals surface area contributed by atoms with E-state index in [1.54, 1.807) is 18.2 Å². The van der Waals surface area contributed by atoms with Crippen LogP contribution >= 0.6 is 0 Å². The van der Waals surface area contributed by atoms with Gasteiger partial charge in [-0.25, -0.2) is 4.39 Å². The molecular formula is C18H22FNO. The van der Waals surface area contributed by atoms with Gasteiger partial charge in [0.15, 0.2) is 0 Å². The standard InChI is InChI=1S/C18H22FNO/c1-4-11-20-14(3)13(2)12-15-9-10-18(21-15)16-7-5-6-8-17(16)19/h5-10,12,14,20H,4,11H2,1-3H3/b13-12+. The fraction of sp³-hybridized carbons (Fsp3) is 0.333. The van der Waals surface area contributed by atoms with Crippen LogP contribution in [0.5, 0.6) is 0 Å². The molecule has 0 aliphatic heterocycles. The van der Waals surface area contributed by atoms with Gasteiger partial charge in [-0.15, -0.1) is 0 Å². The predicted molar refractivity (Wildman–Crippen MR) is 85.5 cm³/mol. The largest absolute Gasteiger partial charge is 0.457 e. The average molecular weight is 287 g/mol. The van der Waals surface area contributed by atoms with Crippen LogP contribution < -0.4 is 5.32 Å². The van der Waals surface area contributed by atoms with Crippen LogP contribution in [-0.2, 0) is 0 Å². The minimum atomic E-state index is -0.267. The first-order valence-corrected chi connectivity index (χ1v) is 7.38. The Morgan fingerprint density at radius 3 is 2.76 bits per heavy atom. The molecule has 3 heteroatoms. The monoisotopic (exact) mass is 287 g/mol. The third kappa shape index (κ3) is 4.05. The molecule has 2 aromatic rings. The van der Waals surface area contributed by atoms with Crippen molar-refractivity contribution < 1.29 is 8.81 Å². The van der Waals surface area contributed by atoms with Crippen LogP contribution in [0.1, 0.15) is 33.0 Å². The van der Waals surface area contributed by atoms with E-state index in [0.29, 0.717) is 17.4 Å². The third-order valence-corrected chi connectivity index (χ3v) is 3.52. The molecule has 1 aromatic heterocycles. The van der Waals surface area contributed by atoms with Crippen LogP contribution in [0.4, 0.5) is 4.39 Å². The first-order valence-electron chi connectivity index (χ1n) is 7.38. The maximum Gasteiger partial charge on any atom is 0.137 e. The predicted octanol–water partition coefficient (Wildman–Crippen LogP) is 4.88. The van der Waals surface area contributed by atoms with Crippen LogP contribution in [0.25, 0.3) is 17.4 Å². The number of nitrogens with one attached hydrogen (secondary N) is 1. The SMILES string of the molecule is CCCNC(C)/C(C)=C/c1ccc(-c2ccccc2F)o1. The molecule has 0 aliphatic rings. The molecule has 112 valence electrons. The molecule has 2 rings (SSSR count). The molecule has 2 nitrogen and oxygen atoms in total. The Labute approximate surface area is 125 Å². The summed E-state index contributed by atoms with van der Waals surface area (Å²) >= 11 is 0. The molecule has 0 saturated carbocycles. The zero-order valence-electron chi connectivity index (χ0n) is 12.8. The summed E-state index contributed by atoms with van der Waals surface area (Å²) in [5.41, 5.74) is 1.69. The summed E-state index contributed by atoms with van der Waals surface area (Å²) in [7, 11) is 0. The van der Waals surface area contributed by atoms with Gasteiger partial charge in [-0.1, -0.05) is 24.6 Å². The van der Waals surface area contributed by atoms with Crippen molar-refractivity contribution in [1.82, 2.24) is 5.32 Å². The lowest BCUT2D eigenvalue weighted by Crippen LogP contribution is -2.27. The topological polar surface area (TPSA) is 25.2 Å². The summed E-state index contributed by atoms with van der Waals surface area (Å²) in [6.45, 7) is 7.33. The van der Waals surface area contributed by atoms with Gasteiger partial charge in [0.1, 0.15) is 17.3 Å². The van der Waals surface area contributed by atoms with Crippen molar-refractivity contribution in [3.63, 3.8) is 0 Å². The number of hydrogen-bond acceptors (Lipinski definition) is 2. The Morgan fingerprint density at radius 1 is 1.29 bits per heavy atom. The molecule has 0 saturated heterocycles. The summed E-state index contributed by atoms with van der Waals surface area (Å²) < 4.78 is 19.5.